The summed E-state index contributed by atoms with van der Waals surface area (Å²) in [6.07, 6.45) is 0.789. The van der Waals surface area contributed by atoms with Crippen LogP contribution in [0, 0.1) is 0 Å². The molecule has 152 valence electrons. The third kappa shape index (κ3) is 4.42. The van der Waals surface area contributed by atoms with Crippen LogP contribution >= 0.6 is 11.8 Å². The number of hydrogen-bond acceptors (Lipinski definition) is 4. The number of halogens is 3. The number of furan rings is 1. The molecule has 0 fully saturated rings. The zero-order valence-electron chi connectivity index (χ0n) is 15.5. The molecule has 0 bridgehead atoms. The molecule has 0 saturated carbocycles. The summed E-state index contributed by atoms with van der Waals surface area (Å²) in [7, 11) is 0. The normalized spacial score (nSPS) is 14.0. The first-order valence-electron chi connectivity index (χ1n) is 9.36. The van der Waals surface area contributed by atoms with Crippen molar-refractivity contribution in [3.8, 4) is 0 Å². The average Bonchev–Trinajstić information content (AvgIpc) is 3.22. The number of benzene rings is 1. The van der Waals surface area contributed by atoms with E-state index < -0.39 is 11.7 Å². The molecule has 0 radical (unpaired) electrons. The van der Waals surface area contributed by atoms with Gasteiger partial charge in [-0.15, -0.1) is 11.8 Å². The van der Waals surface area contributed by atoms with E-state index in [1.807, 2.05) is 6.07 Å². The lowest BCUT2D eigenvalue weighted by Crippen LogP contribution is -2.30. The van der Waals surface area contributed by atoms with Crippen LogP contribution in [0.5, 0.6) is 0 Å². The minimum Gasteiger partial charge on any atom is -0.467 e. The number of fused-ring (bicyclic) bond motifs is 1. The largest absolute Gasteiger partial charge is 0.467 e. The van der Waals surface area contributed by atoms with Crippen LogP contribution in [0.15, 0.2) is 56.9 Å². The molecule has 1 aliphatic carbocycles. The molecule has 1 aromatic carbocycles. The van der Waals surface area contributed by atoms with Gasteiger partial charge in [0.05, 0.1) is 18.4 Å². The number of hydrogen-bond donors (Lipinski definition) is 0. The monoisotopic (exact) mass is 420 g/mol. The van der Waals surface area contributed by atoms with Crippen LogP contribution in [0.3, 0.4) is 0 Å². The van der Waals surface area contributed by atoms with Gasteiger partial charge in [-0.05, 0) is 49.4 Å². The van der Waals surface area contributed by atoms with Crippen LogP contribution in [0.4, 0.5) is 13.2 Å². The Morgan fingerprint density at radius 2 is 1.97 bits per heavy atom. The van der Waals surface area contributed by atoms with E-state index in [0.29, 0.717) is 28.6 Å². The van der Waals surface area contributed by atoms with E-state index >= 15 is 0 Å². The molecule has 0 amide bonds. The van der Waals surface area contributed by atoms with Gasteiger partial charge in [-0.1, -0.05) is 18.2 Å². The van der Waals surface area contributed by atoms with E-state index in [1.165, 1.54) is 17.8 Å². The number of alkyl halides is 3. The first-order valence-corrected chi connectivity index (χ1v) is 10.3. The van der Waals surface area contributed by atoms with Crippen molar-refractivity contribution in [2.45, 2.75) is 49.2 Å². The SMILES string of the molecule is O=c1nc(SCc2cccc(C(F)(F)F)c2)c2c(n1Cc1ccco1)CCCC2. The minimum absolute atomic E-state index is 0.324. The maximum absolute atomic E-state index is 12.9. The minimum atomic E-state index is -4.37. The van der Waals surface area contributed by atoms with Crippen LogP contribution in [0.2, 0.25) is 0 Å². The highest BCUT2D eigenvalue weighted by molar-refractivity contribution is 7.98. The van der Waals surface area contributed by atoms with E-state index in [2.05, 4.69) is 4.98 Å². The Morgan fingerprint density at radius 1 is 1.14 bits per heavy atom. The van der Waals surface area contributed by atoms with Crippen molar-refractivity contribution >= 4 is 11.8 Å². The summed E-state index contributed by atoms with van der Waals surface area (Å²) < 4.78 is 45.8. The number of aromatic nitrogens is 2. The van der Waals surface area contributed by atoms with E-state index in [4.69, 9.17) is 4.42 Å². The molecule has 2 aromatic heterocycles. The second-order valence-corrected chi connectivity index (χ2v) is 7.95. The number of nitrogens with zero attached hydrogens (tertiary/aromatic N) is 2. The van der Waals surface area contributed by atoms with Gasteiger partial charge in [0.25, 0.3) is 0 Å². The lowest BCUT2D eigenvalue weighted by Gasteiger charge is -2.22. The van der Waals surface area contributed by atoms with E-state index in [1.54, 1.807) is 23.0 Å². The summed E-state index contributed by atoms with van der Waals surface area (Å²) in [5.74, 6) is 1.01. The Bertz CT molecular complexity index is 1060. The third-order valence-corrected chi connectivity index (χ3v) is 6.06. The fourth-order valence-electron chi connectivity index (χ4n) is 3.58. The lowest BCUT2D eigenvalue weighted by molar-refractivity contribution is -0.137. The second kappa shape index (κ2) is 8.10. The number of rotatable bonds is 5. The average molecular weight is 420 g/mol. The van der Waals surface area contributed by atoms with Gasteiger partial charge < -0.3 is 4.42 Å². The predicted molar refractivity (Wildman–Crippen MR) is 104 cm³/mol. The molecule has 0 aliphatic heterocycles. The van der Waals surface area contributed by atoms with Crippen molar-refractivity contribution in [1.82, 2.24) is 9.55 Å². The van der Waals surface area contributed by atoms with Crippen molar-refractivity contribution in [3.05, 3.63) is 81.3 Å². The molecule has 0 N–H and O–H groups in total. The summed E-state index contributed by atoms with van der Waals surface area (Å²) in [5.41, 5.74) is 1.52. The van der Waals surface area contributed by atoms with Gasteiger partial charge >= 0.3 is 11.9 Å². The van der Waals surface area contributed by atoms with Crippen LogP contribution in [-0.4, -0.2) is 9.55 Å². The summed E-state index contributed by atoms with van der Waals surface area (Å²) >= 11 is 1.32. The highest BCUT2D eigenvalue weighted by atomic mass is 32.2. The Kier molecular flexibility index (Phi) is 5.54. The molecule has 3 aromatic rings. The van der Waals surface area contributed by atoms with Gasteiger partial charge in [0.2, 0.25) is 0 Å². The Morgan fingerprint density at radius 3 is 2.72 bits per heavy atom. The molecule has 0 saturated heterocycles. The molecule has 0 unspecified atom stereocenters. The molecular formula is C21H19F3N2O2S. The summed E-state index contributed by atoms with van der Waals surface area (Å²) in [6, 6.07) is 8.87. The fourth-order valence-corrected chi connectivity index (χ4v) is 4.60. The van der Waals surface area contributed by atoms with Crippen molar-refractivity contribution in [1.29, 1.82) is 0 Å². The van der Waals surface area contributed by atoms with Crippen molar-refractivity contribution in [2.75, 3.05) is 0 Å². The standard InChI is InChI=1S/C21H19F3N2O2S/c22-21(23,24)15-6-3-5-14(11-15)13-29-19-17-8-1-2-9-18(17)26(20(27)25-19)12-16-7-4-10-28-16/h3-7,10-11H,1-2,8-9,12-13H2. The maximum atomic E-state index is 12.9. The Hall–Kier alpha value is -2.48. The third-order valence-electron chi connectivity index (χ3n) is 4.97. The summed E-state index contributed by atoms with van der Waals surface area (Å²) in [4.78, 5) is 16.9. The van der Waals surface area contributed by atoms with Gasteiger partial charge in [0, 0.05) is 17.0 Å². The van der Waals surface area contributed by atoms with Gasteiger partial charge in [-0.2, -0.15) is 18.2 Å². The molecule has 1 aliphatic rings. The van der Waals surface area contributed by atoms with Gasteiger partial charge in [-0.25, -0.2) is 4.79 Å². The lowest BCUT2D eigenvalue weighted by atomic mass is 9.97. The van der Waals surface area contributed by atoms with Gasteiger partial charge in [0.15, 0.2) is 0 Å². The first-order chi connectivity index (χ1) is 13.9. The van der Waals surface area contributed by atoms with Crippen LogP contribution < -0.4 is 5.69 Å². The predicted octanol–water partition coefficient (Wildman–Crippen LogP) is 5.07. The van der Waals surface area contributed by atoms with Crippen LogP contribution in [0.25, 0.3) is 0 Å². The van der Waals surface area contributed by atoms with Crippen molar-refractivity contribution in [2.24, 2.45) is 0 Å². The second-order valence-electron chi connectivity index (χ2n) is 6.98. The smallest absolute Gasteiger partial charge is 0.416 e. The van der Waals surface area contributed by atoms with Crippen molar-refractivity contribution < 1.29 is 17.6 Å². The number of thioether (sulfide) groups is 1. The fraction of sp³-hybridized carbons (Fsp3) is 0.333. The first kappa shape index (κ1) is 19.8. The van der Waals surface area contributed by atoms with E-state index in [9.17, 15) is 18.0 Å². The van der Waals surface area contributed by atoms with Gasteiger partial charge in [-0.3, -0.25) is 4.57 Å². The van der Waals surface area contributed by atoms with E-state index in [0.717, 1.165) is 49.1 Å². The summed E-state index contributed by atoms with van der Waals surface area (Å²) in [5, 5.41) is 0.623. The van der Waals surface area contributed by atoms with Crippen molar-refractivity contribution in [3.63, 3.8) is 0 Å². The Balaban J connectivity index is 1.61. The highest BCUT2D eigenvalue weighted by Crippen LogP contribution is 2.33. The zero-order valence-corrected chi connectivity index (χ0v) is 16.4. The molecule has 8 heteroatoms. The highest BCUT2D eigenvalue weighted by Gasteiger charge is 2.30. The molecule has 29 heavy (non-hydrogen) atoms. The topological polar surface area (TPSA) is 48.0 Å². The molecule has 0 atom stereocenters. The molecule has 4 nitrogen and oxygen atoms in total. The molecule has 4 rings (SSSR count). The zero-order chi connectivity index (χ0) is 20.4. The van der Waals surface area contributed by atoms with E-state index in [-0.39, 0.29) is 5.69 Å². The maximum Gasteiger partial charge on any atom is 0.416 e. The van der Waals surface area contributed by atoms with Crippen LogP contribution in [0.1, 0.15) is 41.0 Å². The quantitative estimate of drug-likeness (QED) is 0.427. The summed E-state index contributed by atoms with van der Waals surface area (Å²) in [6.45, 7) is 0.333. The van der Waals surface area contributed by atoms with Crippen LogP contribution in [-0.2, 0) is 31.3 Å². The molecule has 2 heterocycles. The molecular weight excluding hydrogens is 401 g/mol. The Labute approximate surface area is 169 Å². The molecule has 0 spiro atoms. The van der Waals surface area contributed by atoms with Gasteiger partial charge in [0.1, 0.15) is 10.8 Å².